The maximum Gasteiger partial charge on any atom is 0.0139 e. The molecule has 0 unspecified atom stereocenters. The van der Waals surface area contributed by atoms with Gasteiger partial charge in [-0.25, -0.2) is 8.78 Å². The van der Waals surface area contributed by atoms with Crippen molar-refractivity contribution in [1.82, 2.24) is 0 Å². The molecule has 0 aliphatic rings. The van der Waals surface area contributed by atoms with Gasteiger partial charge < -0.3 is 0 Å². The molecule has 0 fully saturated rings. The Kier molecular flexibility index (Phi) is 4.22. The van der Waals surface area contributed by atoms with Crippen LogP contribution in [-0.2, 0) is 32.7 Å². The van der Waals surface area contributed by atoms with Crippen LogP contribution in [0.2, 0.25) is 0 Å². The van der Waals surface area contributed by atoms with E-state index in [1.54, 1.807) is 6.92 Å². The minimum Gasteiger partial charge on any atom is -0.236 e. The first-order chi connectivity index (χ1) is 4.18. The molecule has 0 aliphatic carbocycles. The number of hydrogen-bond acceptors (Lipinski definition) is 0. The fourth-order valence-electron chi connectivity index (χ4n) is 0.628. The van der Waals surface area contributed by atoms with Crippen LogP contribution < -0.4 is 0 Å². The van der Waals surface area contributed by atoms with Gasteiger partial charge in [-0.1, -0.05) is 6.92 Å². The van der Waals surface area contributed by atoms with E-state index < -0.39 is 11.6 Å². The summed E-state index contributed by atoms with van der Waals surface area (Å²) in [4.78, 5) is 0. The quantitative estimate of drug-likeness (QED) is 0.582. The Balaban J connectivity index is 0.000000810. The van der Waals surface area contributed by atoms with Crippen molar-refractivity contribution in [3.8, 4) is 0 Å². The van der Waals surface area contributed by atoms with E-state index in [0.29, 0.717) is 5.56 Å². The largest absolute Gasteiger partial charge is 0.236 e. The van der Waals surface area contributed by atoms with Crippen LogP contribution in [0.15, 0.2) is 12.1 Å². The zero-order valence-corrected chi connectivity index (χ0v) is 8.33. The molecule has 1 radical (unpaired) electrons. The average Bonchev–Trinajstić information content (AvgIpc) is 1.59. The van der Waals surface area contributed by atoms with E-state index in [0.717, 1.165) is 0 Å². The molecule has 0 bridgehead atoms. The molecular weight excluding hydrogens is 211 g/mol. The van der Waals surface area contributed by atoms with E-state index in [1.807, 2.05) is 6.07 Å². The van der Waals surface area contributed by atoms with E-state index in [2.05, 4.69) is 0 Å². The van der Waals surface area contributed by atoms with Crippen LogP contribution in [0, 0.1) is 24.6 Å². The van der Waals surface area contributed by atoms with Gasteiger partial charge in [-0.2, -0.15) is 5.56 Å². The second kappa shape index (κ2) is 4.14. The Hall–Kier alpha value is 0.184. The number of halogens is 2. The van der Waals surface area contributed by atoms with Gasteiger partial charge in [0.1, 0.15) is 0 Å². The van der Waals surface area contributed by atoms with Crippen molar-refractivity contribution in [3.05, 3.63) is 35.4 Å². The van der Waals surface area contributed by atoms with Crippen molar-refractivity contribution in [2.24, 2.45) is 0 Å². The summed E-state index contributed by atoms with van der Waals surface area (Å²) in [5.74, 6) is -1.29. The summed E-state index contributed by atoms with van der Waals surface area (Å²) in [7, 11) is 0. The predicted molar refractivity (Wildman–Crippen MR) is 29.9 cm³/mol. The Labute approximate surface area is 83.5 Å². The Bertz CT molecular complexity index is 172. The number of benzene rings is 1. The molecule has 10 heavy (non-hydrogen) atoms. The predicted octanol–water partition coefficient (Wildman–Crippen LogP) is 2.07. The van der Waals surface area contributed by atoms with Gasteiger partial charge in [-0.15, -0.1) is 18.2 Å². The maximum absolute atomic E-state index is 12.1. The van der Waals surface area contributed by atoms with Crippen molar-refractivity contribution in [3.63, 3.8) is 0 Å². The van der Waals surface area contributed by atoms with E-state index in [1.165, 1.54) is 12.1 Å². The van der Waals surface area contributed by atoms with E-state index in [9.17, 15) is 8.78 Å². The van der Waals surface area contributed by atoms with Crippen LogP contribution in [0.1, 0.15) is 5.56 Å². The van der Waals surface area contributed by atoms with Crippen LogP contribution in [0.3, 0.4) is 0 Å². The molecule has 3 heteroatoms. The summed E-state index contributed by atoms with van der Waals surface area (Å²) in [5.41, 5.74) is 0.573. The van der Waals surface area contributed by atoms with Crippen LogP contribution in [0.25, 0.3) is 0 Å². The third-order valence-corrected chi connectivity index (χ3v) is 0.948. The molecular formula is C7H5F2Y-. The molecule has 0 aromatic heterocycles. The fraction of sp³-hybridized carbons (Fsp3) is 0.143. The molecule has 0 N–H and O–H groups in total. The monoisotopic (exact) mass is 216 g/mol. The van der Waals surface area contributed by atoms with Crippen LogP contribution in [0.5, 0.6) is 0 Å². The molecule has 0 saturated carbocycles. The van der Waals surface area contributed by atoms with Crippen molar-refractivity contribution < 1.29 is 41.5 Å². The molecule has 0 saturated heterocycles. The van der Waals surface area contributed by atoms with Gasteiger partial charge >= 0.3 is 0 Å². The smallest absolute Gasteiger partial charge is 0.0139 e. The molecule has 1 rings (SSSR count). The second-order valence-corrected chi connectivity index (χ2v) is 1.85. The van der Waals surface area contributed by atoms with E-state index in [-0.39, 0.29) is 32.7 Å². The summed E-state index contributed by atoms with van der Waals surface area (Å²) in [6, 6.07) is 4.33. The van der Waals surface area contributed by atoms with Gasteiger partial charge in [-0.05, 0) is 0 Å². The summed E-state index contributed by atoms with van der Waals surface area (Å²) in [6.07, 6.45) is 0. The van der Waals surface area contributed by atoms with Gasteiger partial charge in [-0.3, -0.25) is 0 Å². The third kappa shape index (κ3) is 2.85. The van der Waals surface area contributed by atoms with Crippen LogP contribution in [0.4, 0.5) is 8.78 Å². The van der Waals surface area contributed by atoms with E-state index >= 15 is 0 Å². The third-order valence-electron chi connectivity index (χ3n) is 0.948. The Morgan fingerprint density at radius 2 is 1.60 bits per heavy atom. The minimum atomic E-state index is -0.646. The van der Waals surface area contributed by atoms with Crippen molar-refractivity contribution in [1.29, 1.82) is 0 Å². The van der Waals surface area contributed by atoms with Crippen molar-refractivity contribution in [2.75, 3.05) is 0 Å². The number of rotatable bonds is 0. The second-order valence-electron chi connectivity index (χ2n) is 1.85. The number of aryl methyl sites for hydroxylation is 1. The minimum absolute atomic E-state index is 0. The molecule has 0 nitrogen and oxygen atoms in total. The molecule has 0 atom stereocenters. The van der Waals surface area contributed by atoms with Gasteiger partial charge in [0, 0.05) is 44.3 Å². The topological polar surface area (TPSA) is 0 Å². The van der Waals surface area contributed by atoms with Crippen molar-refractivity contribution >= 4 is 0 Å². The molecule has 1 aromatic carbocycles. The Morgan fingerprint density at radius 3 is 1.90 bits per heavy atom. The molecule has 51 valence electrons. The number of hydrogen-bond donors (Lipinski definition) is 0. The fourth-order valence-corrected chi connectivity index (χ4v) is 0.628. The molecule has 0 heterocycles. The summed E-state index contributed by atoms with van der Waals surface area (Å²) < 4.78 is 24.3. The first-order valence-electron chi connectivity index (χ1n) is 2.53. The SMILES string of the molecule is Cc1cc(F)[c-]c(F)c1.[Y]. The molecule has 0 amide bonds. The zero-order chi connectivity index (χ0) is 6.85. The van der Waals surface area contributed by atoms with Crippen LogP contribution in [-0.4, -0.2) is 0 Å². The van der Waals surface area contributed by atoms with Gasteiger partial charge in [0.15, 0.2) is 0 Å². The van der Waals surface area contributed by atoms with Gasteiger partial charge in [0.25, 0.3) is 0 Å². The average molecular weight is 216 g/mol. The Morgan fingerprint density at radius 1 is 1.20 bits per heavy atom. The first-order valence-corrected chi connectivity index (χ1v) is 2.53. The van der Waals surface area contributed by atoms with Gasteiger partial charge in [0.05, 0.1) is 0 Å². The van der Waals surface area contributed by atoms with E-state index in [4.69, 9.17) is 0 Å². The summed E-state index contributed by atoms with van der Waals surface area (Å²) >= 11 is 0. The van der Waals surface area contributed by atoms with Crippen LogP contribution >= 0.6 is 0 Å². The van der Waals surface area contributed by atoms with Crippen molar-refractivity contribution in [2.45, 2.75) is 6.92 Å². The molecule has 1 aromatic rings. The summed E-state index contributed by atoms with van der Waals surface area (Å²) in [6.45, 7) is 1.62. The molecule has 0 spiro atoms. The standard InChI is InChI=1S/C7H5F2.Y/c1-5-2-6(8)4-7(9)3-5;/h2-3H,1H3;/q-1;. The molecule has 0 aliphatic heterocycles. The normalized spacial score (nSPS) is 8.70. The summed E-state index contributed by atoms with van der Waals surface area (Å²) in [5, 5.41) is 0. The van der Waals surface area contributed by atoms with Gasteiger partial charge in [0.2, 0.25) is 0 Å². The maximum atomic E-state index is 12.1. The first kappa shape index (κ1) is 10.2. The zero-order valence-electron chi connectivity index (χ0n) is 5.49.